The Morgan fingerprint density at radius 2 is 2.18 bits per heavy atom. The number of allylic oxidation sites excluding steroid dienone is 1. The van der Waals surface area contributed by atoms with Gasteiger partial charge < -0.3 is 10.1 Å². The van der Waals surface area contributed by atoms with Crippen LogP contribution in [0.15, 0.2) is 22.6 Å². The quantitative estimate of drug-likeness (QED) is 0.788. The maximum absolute atomic E-state index is 13.0. The number of halogens is 3. The van der Waals surface area contributed by atoms with Crippen molar-refractivity contribution in [3.63, 3.8) is 0 Å². The summed E-state index contributed by atoms with van der Waals surface area (Å²) in [5, 5.41) is 10.8. The van der Waals surface area contributed by atoms with E-state index in [0.717, 1.165) is 17.0 Å². The van der Waals surface area contributed by atoms with Crippen LogP contribution in [0.2, 0.25) is 0 Å². The minimum Gasteiger partial charge on any atom is -0.396 e. The van der Waals surface area contributed by atoms with E-state index in [1.165, 1.54) is 28.5 Å². The molecule has 152 valence electrons. The number of aliphatic hydroxyl groups excluding tert-OH is 1. The number of nitrogens with one attached hydrogen (secondary N) is 1. The van der Waals surface area contributed by atoms with Gasteiger partial charge in [-0.1, -0.05) is 6.92 Å². The van der Waals surface area contributed by atoms with Crippen LogP contribution in [-0.2, 0) is 6.54 Å². The molecule has 0 aromatic carbocycles. The molecule has 0 saturated heterocycles. The molecule has 28 heavy (non-hydrogen) atoms. The standard InChI is InChI=1S/C18H21F3N4O2S/c1-3-12-6-14(18(19,20)21)23-24(12)7-11-5-15(27)25-16(13-4-10(13)8-26)9(2)28-17(25)22-11/h5-6,10,13-14,23,26H,3-4,7-8H2,1-2H3. The van der Waals surface area contributed by atoms with Gasteiger partial charge in [0, 0.05) is 34.9 Å². The molecule has 2 aromatic heterocycles. The normalized spacial score (nSPS) is 24.9. The smallest absolute Gasteiger partial charge is 0.396 e. The number of thiazole rings is 1. The Balaban J connectivity index is 1.63. The molecule has 0 radical (unpaired) electrons. The van der Waals surface area contributed by atoms with E-state index in [4.69, 9.17) is 0 Å². The highest BCUT2D eigenvalue weighted by Crippen LogP contribution is 2.49. The van der Waals surface area contributed by atoms with Crippen molar-refractivity contribution in [2.45, 2.75) is 51.4 Å². The van der Waals surface area contributed by atoms with Gasteiger partial charge in [-0.15, -0.1) is 11.3 Å². The maximum Gasteiger partial charge on any atom is 0.409 e. The third-order valence-corrected chi connectivity index (χ3v) is 6.30. The predicted molar refractivity (Wildman–Crippen MR) is 98.9 cm³/mol. The zero-order valence-electron chi connectivity index (χ0n) is 15.5. The first kappa shape index (κ1) is 19.4. The fourth-order valence-electron chi connectivity index (χ4n) is 3.79. The number of hydrogen-bond donors (Lipinski definition) is 2. The van der Waals surface area contributed by atoms with Crippen molar-refractivity contribution in [3.8, 4) is 0 Å². The van der Waals surface area contributed by atoms with Crippen molar-refractivity contribution in [1.82, 2.24) is 19.8 Å². The van der Waals surface area contributed by atoms with E-state index in [1.807, 2.05) is 6.92 Å². The Labute approximate surface area is 163 Å². The summed E-state index contributed by atoms with van der Waals surface area (Å²) in [5.41, 5.74) is 4.05. The fourth-order valence-corrected chi connectivity index (χ4v) is 4.86. The lowest BCUT2D eigenvalue weighted by atomic mass is 10.2. The minimum atomic E-state index is -4.38. The molecule has 0 bridgehead atoms. The van der Waals surface area contributed by atoms with Gasteiger partial charge in [0.25, 0.3) is 5.56 Å². The number of fused-ring (bicyclic) bond motifs is 1. The molecule has 2 aliphatic rings. The number of nitrogens with zero attached hydrogens (tertiary/aromatic N) is 3. The van der Waals surface area contributed by atoms with Gasteiger partial charge in [-0.2, -0.15) is 13.2 Å². The van der Waals surface area contributed by atoms with Gasteiger partial charge in [-0.25, -0.2) is 10.4 Å². The molecule has 2 N–H and O–H groups in total. The summed E-state index contributed by atoms with van der Waals surface area (Å²) in [6.45, 7) is 3.88. The molecular weight excluding hydrogens is 393 g/mol. The number of rotatable bonds is 5. The molecule has 3 unspecified atom stereocenters. The first-order valence-electron chi connectivity index (χ1n) is 9.16. The Morgan fingerprint density at radius 1 is 1.43 bits per heavy atom. The molecule has 3 atom stereocenters. The summed E-state index contributed by atoms with van der Waals surface area (Å²) in [5.74, 6) is 0.333. The highest BCUT2D eigenvalue weighted by Gasteiger charge is 2.43. The van der Waals surface area contributed by atoms with Crippen LogP contribution in [0.5, 0.6) is 0 Å². The zero-order chi connectivity index (χ0) is 20.2. The second-order valence-electron chi connectivity index (χ2n) is 7.28. The lowest BCUT2D eigenvalue weighted by Gasteiger charge is -2.24. The van der Waals surface area contributed by atoms with Crippen molar-refractivity contribution in [1.29, 1.82) is 0 Å². The third kappa shape index (κ3) is 3.33. The van der Waals surface area contributed by atoms with Crippen LogP contribution in [0.1, 0.15) is 41.9 Å². The minimum absolute atomic E-state index is 0.0764. The molecule has 2 aromatic rings. The lowest BCUT2D eigenvalue weighted by Crippen LogP contribution is -2.44. The van der Waals surface area contributed by atoms with E-state index >= 15 is 0 Å². The molecule has 10 heteroatoms. The van der Waals surface area contributed by atoms with E-state index in [-0.39, 0.29) is 30.5 Å². The summed E-state index contributed by atoms with van der Waals surface area (Å²) in [7, 11) is 0. The van der Waals surface area contributed by atoms with Crippen molar-refractivity contribution < 1.29 is 18.3 Å². The fraction of sp³-hybridized carbons (Fsp3) is 0.556. The monoisotopic (exact) mass is 414 g/mol. The van der Waals surface area contributed by atoms with E-state index in [9.17, 15) is 23.1 Å². The molecule has 0 amide bonds. The van der Waals surface area contributed by atoms with E-state index in [0.29, 0.717) is 22.8 Å². The van der Waals surface area contributed by atoms with Gasteiger partial charge in [0.1, 0.15) is 6.04 Å². The van der Waals surface area contributed by atoms with E-state index in [1.54, 1.807) is 11.3 Å². The van der Waals surface area contributed by atoms with Crippen LogP contribution < -0.4 is 11.0 Å². The first-order valence-corrected chi connectivity index (χ1v) is 9.98. The maximum atomic E-state index is 13.0. The molecule has 1 fully saturated rings. The Kier molecular flexibility index (Phi) is 4.75. The van der Waals surface area contributed by atoms with Crippen LogP contribution in [0.3, 0.4) is 0 Å². The molecule has 6 nitrogen and oxygen atoms in total. The number of aromatic nitrogens is 2. The summed E-state index contributed by atoms with van der Waals surface area (Å²) in [6, 6.07) is -0.345. The van der Waals surface area contributed by atoms with Gasteiger partial charge >= 0.3 is 6.18 Å². The van der Waals surface area contributed by atoms with Crippen molar-refractivity contribution >= 4 is 16.3 Å². The summed E-state index contributed by atoms with van der Waals surface area (Å²) in [4.78, 5) is 18.8. The summed E-state index contributed by atoms with van der Waals surface area (Å²) < 4.78 is 40.7. The lowest BCUT2D eigenvalue weighted by molar-refractivity contribution is -0.150. The van der Waals surface area contributed by atoms with Crippen molar-refractivity contribution in [3.05, 3.63) is 44.5 Å². The van der Waals surface area contributed by atoms with Crippen LogP contribution in [0, 0.1) is 12.8 Å². The number of hydrazine groups is 1. The van der Waals surface area contributed by atoms with E-state index < -0.39 is 12.2 Å². The van der Waals surface area contributed by atoms with Crippen LogP contribution >= 0.6 is 11.3 Å². The zero-order valence-corrected chi connectivity index (χ0v) is 16.3. The Hall–Kier alpha value is -1.91. The second kappa shape index (κ2) is 6.85. The Morgan fingerprint density at radius 3 is 2.79 bits per heavy atom. The molecule has 1 saturated carbocycles. The first-order chi connectivity index (χ1) is 13.2. The molecule has 1 aliphatic carbocycles. The highest BCUT2D eigenvalue weighted by molar-refractivity contribution is 7.17. The van der Waals surface area contributed by atoms with Crippen LogP contribution in [0.4, 0.5) is 13.2 Å². The number of aliphatic hydroxyl groups is 1. The Bertz CT molecular complexity index is 997. The van der Waals surface area contributed by atoms with Gasteiger partial charge in [0.2, 0.25) is 0 Å². The van der Waals surface area contributed by atoms with Crippen LogP contribution in [-0.4, -0.2) is 38.3 Å². The van der Waals surface area contributed by atoms with Gasteiger partial charge in [-0.3, -0.25) is 9.20 Å². The number of alkyl halides is 3. The number of aryl methyl sites for hydroxylation is 1. The van der Waals surface area contributed by atoms with Gasteiger partial charge in [-0.05, 0) is 31.8 Å². The third-order valence-electron chi connectivity index (χ3n) is 5.33. The molecule has 1 aliphatic heterocycles. The molecular formula is C18H21F3N4O2S. The van der Waals surface area contributed by atoms with Gasteiger partial charge in [0.15, 0.2) is 4.96 Å². The predicted octanol–water partition coefficient (Wildman–Crippen LogP) is 2.71. The average Bonchev–Trinajstić information content (AvgIpc) is 3.14. The van der Waals surface area contributed by atoms with E-state index in [2.05, 4.69) is 10.4 Å². The SMILES string of the molecule is CCC1=CC(C(F)(F)F)NN1Cc1cc(=O)n2c(C3CC3CO)c(C)sc2n1. The average molecular weight is 414 g/mol. The van der Waals surface area contributed by atoms with Gasteiger partial charge in [0.05, 0.1) is 12.2 Å². The molecule has 3 heterocycles. The topological polar surface area (TPSA) is 69.9 Å². The van der Waals surface area contributed by atoms with Crippen LogP contribution in [0.25, 0.3) is 4.96 Å². The number of hydrogen-bond acceptors (Lipinski definition) is 6. The highest BCUT2D eigenvalue weighted by atomic mass is 32.1. The van der Waals surface area contributed by atoms with Crippen molar-refractivity contribution in [2.75, 3.05) is 6.61 Å². The molecule has 4 rings (SSSR count). The molecule has 0 spiro atoms. The summed E-state index contributed by atoms with van der Waals surface area (Å²) >= 11 is 1.39. The largest absolute Gasteiger partial charge is 0.409 e. The van der Waals surface area contributed by atoms with Crippen molar-refractivity contribution in [2.24, 2.45) is 5.92 Å². The summed E-state index contributed by atoms with van der Waals surface area (Å²) in [6.07, 6.45) is -1.92. The second-order valence-corrected chi connectivity index (χ2v) is 8.46.